The summed E-state index contributed by atoms with van der Waals surface area (Å²) in [4.78, 5) is 1.42. The Bertz CT molecular complexity index is 650. The Kier molecular flexibility index (Phi) is 6.06. The lowest BCUT2D eigenvalue weighted by atomic mass is 10.1. The molecular formula is C16H23Cl2N2O3S+. The summed E-state index contributed by atoms with van der Waals surface area (Å²) in [5.74, 6) is 0. The molecule has 8 heteroatoms. The Morgan fingerprint density at radius 2 is 1.83 bits per heavy atom. The number of quaternary nitrogens is 1. The van der Waals surface area contributed by atoms with E-state index in [-0.39, 0.29) is 14.9 Å². The van der Waals surface area contributed by atoms with Crippen molar-refractivity contribution in [2.75, 3.05) is 39.3 Å². The molecule has 2 saturated heterocycles. The van der Waals surface area contributed by atoms with Gasteiger partial charge in [-0.05, 0) is 31.4 Å². The molecule has 0 spiro atoms. The molecule has 2 fully saturated rings. The van der Waals surface area contributed by atoms with Crippen LogP contribution in [0.15, 0.2) is 23.1 Å². The highest BCUT2D eigenvalue weighted by Gasteiger charge is 2.34. The molecule has 134 valence electrons. The number of hydrogen-bond donors (Lipinski definition) is 1. The summed E-state index contributed by atoms with van der Waals surface area (Å²) in [5.41, 5.74) is 0. The van der Waals surface area contributed by atoms with Crippen LogP contribution in [0.4, 0.5) is 0 Å². The minimum Gasteiger partial charge on any atom is -0.372 e. The fourth-order valence-corrected chi connectivity index (χ4v) is 5.93. The lowest BCUT2D eigenvalue weighted by molar-refractivity contribution is -0.907. The third-order valence-corrected chi connectivity index (χ3v) is 7.59. The molecule has 0 unspecified atom stereocenters. The molecule has 0 saturated carbocycles. The van der Waals surface area contributed by atoms with Crippen molar-refractivity contribution >= 4 is 33.2 Å². The van der Waals surface area contributed by atoms with Crippen molar-refractivity contribution in [3.63, 3.8) is 0 Å². The number of sulfonamides is 1. The van der Waals surface area contributed by atoms with E-state index in [2.05, 4.69) is 0 Å². The van der Waals surface area contributed by atoms with E-state index in [4.69, 9.17) is 27.9 Å². The molecule has 1 atom stereocenters. The molecule has 0 amide bonds. The lowest BCUT2D eigenvalue weighted by Gasteiger charge is -2.34. The fraction of sp³-hybridized carbons (Fsp3) is 0.625. The largest absolute Gasteiger partial charge is 0.372 e. The number of rotatable bonds is 4. The predicted molar refractivity (Wildman–Crippen MR) is 94.4 cm³/mol. The topological polar surface area (TPSA) is 51.0 Å². The molecule has 1 aromatic rings. The van der Waals surface area contributed by atoms with Gasteiger partial charge in [-0.25, -0.2) is 8.42 Å². The smallest absolute Gasteiger partial charge is 0.246 e. The molecule has 3 rings (SSSR count). The molecule has 1 aromatic carbocycles. The second-order valence-corrected chi connectivity index (χ2v) is 9.09. The molecule has 2 aliphatic rings. The lowest BCUT2D eigenvalue weighted by Crippen LogP contribution is -3.15. The number of halogens is 2. The van der Waals surface area contributed by atoms with Crippen LogP contribution in [0.2, 0.25) is 10.0 Å². The predicted octanol–water partition coefficient (Wildman–Crippen LogP) is 1.45. The quantitative estimate of drug-likeness (QED) is 0.841. The molecule has 2 heterocycles. The van der Waals surface area contributed by atoms with Gasteiger partial charge in [-0.3, -0.25) is 0 Å². The van der Waals surface area contributed by atoms with Crippen molar-refractivity contribution in [1.82, 2.24) is 4.31 Å². The van der Waals surface area contributed by atoms with Crippen LogP contribution in [0.25, 0.3) is 0 Å². The minimum atomic E-state index is -3.66. The Balaban J connectivity index is 1.63. The Hall–Kier alpha value is -0.370. The van der Waals surface area contributed by atoms with Crippen LogP contribution in [-0.4, -0.2) is 58.2 Å². The zero-order valence-corrected chi connectivity index (χ0v) is 15.8. The maximum atomic E-state index is 12.8. The van der Waals surface area contributed by atoms with Gasteiger partial charge in [0.25, 0.3) is 0 Å². The molecule has 0 radical (unpaired) electrons. The summed E-state index contributed by atoms with van der Waals surface area (Å²) >= 11 is 12.2. The first-order valence-electron chi connectivity index (χ1n) is 8.38. The van der Waals surface area contributed by atoms with Crippen molar-refractivity contribution < 1.29 is 18.1 Å². The first-order valence-corrected chi connectivity index (χ1v) is 10.6. The second-order valence-electron chi connectivity index (χ2n) is 6.40. The van der Waals surface area contributed by atoms with Crippen molar-refractivity contribution in [3.8, 4) is 0 Å². The van der Waals surface area contributed by atoms with Crippen LogP contribution in [-0.2, 0) is 14.8 Å². The van der Waals surface area contributed by atoms with Gasteiger partial charge in [-0.15, -0.1) is 0 Å². The average molecular weight is 394 g/mol. The van der Waals surface area contributed by atoms with E-state index in [1.54, 1.807) is 18.2 Å². The van der Waals surface area contributed by atoms with E-state index in [0.717, 1.165) is 39.1 Å². The molecule has 2 aliphatic heterocycles. The van der Waals surface area contributed by atoms with Gasteiger partial charge < -0.3 is 9.64 Å². The third kappa shape index (κ3) is 4.06. The first-order chi connectivity index (χ1) is 11.5. The van der Waals surface area contributed by atoms with Gasteiger partial charge in [0.05, 0.1) is 36.2 Å². The molecule has 24 heavy (non-hydrogen) atoms. The Labute approximate surface area is 153 Å². The molecule has 1 N–H and O–H groups in total. The Morgan fingerprint density at radius 1 is 1.17 bits per heavy atom. The second kappa shape index (κ2) is 7.89. The first kappa shape index (κ1) is 18.4. The van der Waals surface area contributed by atoms with Crippen molar-refractivity contribution in [2.45, 2.75) is 30.3 Å². The molecule has 0 bridgehead atoms. The van der Waals surface area contributed by atoms with E-state index >= 15 is 0 Å². The average Bonchev–Trinajstić information content (AvgIpc) is 2.56. The van der Waals surface area contributed by atoms with Gasteiger partial charge >= 0.3 is 0 Å². The number of ether oxygens (including phenoxy) is 1. The van der Waals surface area contributed by atoms with Crippen molar-refractivity contribution in [2.24, 2.45) is 0 Å². The SMILES string of the molecule is O=S(=O)(c1c(Cl)cccc1Cl)N1CC[NH+](C[C@@H]2CCCCO2)CC1. The summed E-state index contributed by atoms with van der Waals surface area (Å²) in [6, 6.07) is 4.76. The normalized spacial score (nSPS) is 24.2. The maximum absolute atomic E-state index is 12.8. The number of piperazine rings is 1. The summed E-state index contributed by atoms with van der Waals surface area (Å²) in [6.45, 7) is 4.32. The number of nitrogens with one attached hydrogen (secondary N) is 1. The van der Waals surface area contributed by atoms with Gasteiger partial charge in [0.1, 0.15) is 17.5 Å². The molecular weight excluding hydrogens is 371 g/mol. The van der Waals surface area contributed by atoms with Gasteiger partial charge in [-0.1, -0.05) is 29.3 Å². The van der Waals surface area contributed by atoms with Crippen molar-refractivity contribution in [1.29, 1.82) is 0 Å². The van der Waals surface area contributed by atoms with Gasteiger partial charge in [0, 0.05) is 6.61 Å². The monoisotopic (exact) mass is 393 g/mol. The van der Waals surface area contributed by atoms with Crippen LogP contribution in [0.1, 0.15) is 19.3 Å². The van der Waals surface area contributed by atoms with Gasteiger partial charge in [0.15, 0.2) is 0 Å². The summed E-state index contributed by atoms with van der Waals surface area (Å²) in [6.07, 6.45) is 3.80. The number of hydrogen-bond acceptors (Lipinski definition) is 3. The van der Waals surface area contributed by atoms with E-state index in [9.17, 15) is 8.42 Å². The van der Waals surface area contributed by atoms with E-state index in [1.807, 2.05) is 0 Å². The highest BCUT2D eigenvalue weighted by Crippen LogP contribution is 2.31. The summed E-state index contributed by atoms with van der Waals surface area (Å²) < 4.78 is 33.0. The molecule has 0 aliphatic carbocycles. The Morgan fingerprint density at radius 3 is 2.42 bits per heavy atom. The highest BCUT2D eigenvalue weighted by molar-refractivity contribution is 7.89. The van der Waals surface area contributed by atoms with Crippen LogP contribution in [0, 0.1) is 0 Å². The highest BCUT2D eigenvalue weighted by atomic mass is 35.5. The molecule has 0 aromatic heterocycles. The van der Waals surface area contributed by atoms with Crippen LogP contribution in [0.3, 0.4) is 0 Å². The van der Waals surface area contributed by atoms with E-state index in [1.165, 1.54) is 15.6 Å². The summed E-state index contributed by atoms with van der Waals surface area (Å²) in [5, 5.41) is 0.348. The summed E-state index contributed by atoms with van der Waals surface area (Å²) in [7, 11) is -3.66. The number of benzene rings is 1. The van der Waals surface area contributed by atoms with Crippen LogP contribution >= 0.6 is 23.2 Å². The maximum Gasteiger partial charge on any atom is 0.246 e. The zero-order chi connectivity index (χ0) is 17.2. The van der Waals surface area contributed by atoms with Crippen LogP contribution < -0.4 is 4.90 Å². The number of nitrogens with zero attached hydrogens (tertiary/aromatic N) is 1. The van der Waals surface area contributed by atoms with E-state index in [0.29, 0.717) is 19.2 Å². The minimum absolute atomic E-state index is 0.0207. The molecule has 5 nitrogen and oxygen atoms in total. The fourth-order valence-electron chi connectivity index (χ4n) is 3.40. The van der Waals surface area contributed by atoms with Gasteiger partial charge in [-0.2, -0.15) is 4.31 Å². The van der Waals surface area contributed by atoms with Crippen molar-refractivity contribution in [3.05, 3.63) is 28.2 Å². The van der Waals surface area contributed by atoms with Crippen LogP contribution in [0.5, 0.6) is 0 Å². The third-order valence-electron chi connectivity index (χ3n) is 4.74. The van der Waals surface area contributed by atoms with E-state index < -0.39 is 10.0 Å². The zero-order valence-electron chi connectivity index (χ0n) is 13.5. The van der Waals surface area contributed by atoms with Gasteiger partial charge in [0.2, 0.25) is 10.0 Å². The standard InChI is InChI=1S/C16H22Cl2N2O3S/c17-14-5-3-6-15(18)16(14)24(21,22)20-9-7-19(8-10-20)12-13-4-1-2-11-23-13/h3,5-6,13H,1-2,4,7-12H2/p+1/t13-/m0/s1.